The molecule has 3 aromatic rings. The Labute approximate surface area is 223 Å². The molecule has 5 nitrogen and oxygen atoms in total. The van der Waals surface area contributed by atoms with Gasteiger partial charge in [0.2, 0.25) is 0 Å². The number of benzene rings is 3. The van der Waals surface area contributed by atoms with Crippen molar-refractivity contribution >= 4 is 29.4 Å². The number of thioether (sulfide) groups is 1. The van der Waals surface area contributed by atoms with Crippen molar-refractivity contribution in [2.75, 3.05) is 6.54 Å². The fourth-order valence-electron chi connectivity index (χ4n) is 4.09. The third-order valence-electron chi connectivity index (χ3n) is 6.22. The molecule has 1 atom stereocenters. The molecule has 1 amide bonds. The van der Waals surface area contributed by atoms with Crippen molar-refractivity contribution in [2.24, 2.45) is 0 Å². The van der Waals surface area contributed by atoms with Gasteiger partial charge in [0.15, 0.2) is 5.78 Å². The lowest BCUT2D eigenvalue weighted by Crippen LogP contribution is -2.25. The second-order valence-corrected chi connectivity index (χ2v) is 10.4. The molecular formula is C31H35NO4S. The smallest absolute Gasteiger partial charge is 0.305 e. The maximum Gasteiger partial charge on any atom is 0.305 e. The molecule has 0 aliphatic carbocycles. The van der Waals surface area contributed by atoms with E-state index in [-0.39, 0.29) is 29.9 Å². The zero-order chi connectivity index (χ0) is 26.6. The van der Waals surface area contributed by atoms with Gasteiger partial charge in [-0.25, -0.2) is 0 Å². The highest BCUT2D eigenvalue weighted by Gasteiger charge is 2.15. The summed E-state index contributed by atoms with van der Waals surface area (Å²) in [7, 11) is 0. The molecule has 0 spiro atoms. The Morgan fingerprint density at radius 2 is 1.59 bits per heavy atom. The number of ketones is 1. The minimum atomic E-state index is -0.934. The molecule has 0 aliphatic heterocycles. The first kappa shape index (κ1) is 28.2. The summed E-state index contributed by atoms with van der Waals surface area (Å²) >= 11 is 1.82. The van der Waals surface area contributed by atoms with E-state index >= 15 is 0 Å². The lowest BCUT2D eigenvalue weighted by molar-refractivity contribution is -0.136. The maximum atomic E-state index is 12.3. The molecule has 0 aromatic heterocycles. The largest absolute Gasteiger partial charge is 0.481 e. The third-order valence-corrected chi connectivity index (χ3v) is 7.56. The van der Waals surface area contributed by atoms with E-state index in [0.29, 0.717) is 11.1 Å². The lowest BCUT2D eigenvalue weighted by atomic mass is 10.0. The van der Waals surface area contributed by atoms with Gasteiger partial charge in [-0.15, -0.1) is 11.8 Å². The van der Waals surface area contributed by atoms with Crippen LogP contribution in [0.2, 0.25) is 0 Å². The Morgan fingerprint density at radius 1 is 0.865 bits per heavy atom. The van der Waals surface area contributed by atoms with Gasteiger partial charge < -0.3 is 10.4 Å². The number of carboxylic acids is 1. The molecule has 1 unspecified atom stereocenters. The number of carbonyl (C=O) groups is 3. The molecule has 37 heavy (non-hydrogen) atoms. The topological polar surface area (TPSA) is 83.5 Å². The molecule has 3 aromatic carbocycles. The fourth-order valence-corrected chi connectivity index (χ4v) is 5.29. The van der Waals surface area contributed by atoms with Gasteiger partial charge in [-0.1, -0.05) is 75.1 Å². The summed E-state index contributed by atoms with van der Waals surface area (Å²) in [5.74, 6) is -1.13. The van der Waals surface area contributed by atoms with Crippen LogP contribution in [0, 0.1) is 0 Å². The monoisotopic (exact) mass is 517 g/mol. The minimum absolute atomic E-state index is 0.0590. The summed E-state index contributed by atoms with van der Waals surface area (Å²) in [6.07, 6.45) is 5.69. The average molecular weight is 518 g/mol. The molecule has 0 heterocycles. The van der Waals surface area contributed by atoms with Gasteiger partial charge in [-0.2, -0.15) is 0 Å². The van der Waals surface area contributed by atoms with Gasteiger partial charge in [0.25, 0.3) is 5.91 Å². The average Bonchev–Trinajstić information content (AvgIpc) is 2.90. The Balaban J connectivity index is 1.72. The Hall–Kier alpha value is -3.38. The summed E-state index contributed by atoms with van der Waals surface area (Å²) in [5, 5.41) is 11.7. The number of hydrogen-bond acceptors (Lipinski definition) is 4. The summed E-state index contributed by atoms with van der Waals surface area (Å²) in [6.45, 7) is 3.90. The molecule has 0 aliphatic rings. The van der Waals surface area contributed by atoms with E-state index < -0.39 is 5.97 Å². The van der Waals surface area contributed by atoms with Gasteiger partial charge in [0.05, 0.1) is 6.42 Å². The van der Waals surface area contributed by atoms with Crippen LogP contribution in [0.5, 0.6) is 0 Å². The normalized spacial score (nSPS) is 11.6. The highest BCUT2D eigenvalue weighted by molar-refractivity contribution is 7.99. The van der Waals surface area contributed by atoms with E-state index in [2.05, 4.69) is 36.5 Å². The molecule has 3 rings (SSSR count). The van der Waals surface area contributed by atoms with E-state index in [1.54, 1.807) is 6.92 Å². The van der Waals surface area contributed by atoms with Crippen molar-refractivity contribution in [3.05, 3.63) is 89.5 Å². The quantitative estimate of drug-likeness (QED) is 0.131. The van der Waals surface area contributed by atoms with Crippen LogP contribution in [0.15, 0.2) is 77.7 Å². The number of aliphatic carboxylic acids is 1. The third kappa shape index (κ3) is 8.90. The van der Waals surface area contributed by atoms with Crippen LogP contribution >= 0.6 is 11.8 Å². The first-order valence-corrected chi connectivity index (χ1v) is 13.7. The second-order valence-electron chi connectivity index (χ2n) is 9.14. The van der Waals surface area contributed by atoms with Crippen LogP contribution in [0.25, 0.3) is 11.1 Å². The molecule has 0 saturated heterocycles. The molecule has 0 saturated carbocycles. The highest BCUT2D eigenvalue weighted by Crippen LogP contribution is 2.40. The summed E-state index contributed by atoms with van der Waals surface area (Å²) < 4.78 is 0. The summed E-state index contributed by atoms with van der Waals surface area (Å²) in [5.41, 5.74) is 4.51. The van der Waals surface area contributed by atoms with Gasteiger partial charge in [-0.3, -0.25) is 14.4 Å². The van der Waals surface area contributed by atoms with Crippen molar-refractivity contribution in [1.82, 2.24) is 5.32 Å². The number of carbonyl (C=O) groups excluding carboxylic acids is 2. The fraction of sp³-hybridized carbons (Fsp3) is 0.323. The highest BCUT2D eigenvalue weighted by atomic mass is 32.2. The van der Waals surface area contributed by atoms with Crippen LogP contribution in [0.4, 0.5) is 0 Å². The first-order valence-electron chi connectivity index (χ1n) is 12.9. The number of unbranched alkanes of at least 4 members (excludes halogenated alkanes) is 3. The lowest BCUT2D eigenvalue weighted by Gasteiger charge is -2.18. The molecular weight excluding hydrogens is 482 g/mol. The van der Waals surface area contributed by atoms with Crippen LogP contribution in [-0.4, -0.2) is 29.3 Å². The van der Waals surface area contributed by atoms with Gasteiger partial charge >= 0.3 is 5.97 Å². The molecule has 0 bridgehead atoms. The summed E-state index contributed by atoms with van der Waals surface area (Å²) in [4.78, 5) is 35.9. The first-order chi connectivity index (χ1) is 17.9. The van der Waals surface area contributed by atoms with Crippen LogP contribution in [-0.2, 0) is 4.79 Å². The molecule has 0 radical (unpaired) electrons. The Bertz CT molecular complexity index is 1190. The van der Waals surface area contributed by atoms with Crippen molar-refractivity contribution in [1.29, 1.82) is 0 Å². The number of Topliss-reactive ketones (excluding diaryl/α,β-unsaturated/α-hetero) is 1. The zero-order valence-corrected chi connectivity index (χ0v) is 22.4. The number of nitrogens with one attached hydrogen (secondary N) is 1. The maximum absolute atomic E-state index is 12.3. The van der Waals surface area contributed by atoms with E-state index in [0.717, 1.165) is 24.0 Å². The predicted molar refractivity (Wildman–Crippen MR) is 150 cm³/mol. The van der Waals surface area contributed by atoms with Crippen molar-refractivity contribution < 1.29 is 19.5 Å². The zero-order valence-electron chi connectivity index (χ0n) is 21.5. The minimum Gasteiger partial charge on any atom is -0.481 e. The van der Waals surface area contributed by atoms with Crippen LogP contribution < -0.4 is 5.32 Å². The number of hydrogen-bond donors (Lipinski definition) is 2. The number of carboxylic acid groups (broad SMARTS) is 1. The van der Waals surface area contributed by atoms with Gasteiger partial charge in [0.1, 0.15) is 0 Å². The number of rotatable bonds is 14. The van der Waals surface area contributed by atoms with Gasteiger partial charge in [0, 0.05) is 27.8 Å². The van der Waals surface area contributed by atoms with Crippen molar-refractivity contribution in [3.8, 4) is 11.1 Å². The Kier molecular flexibility index (Phi) is 11.0. The van der Waals surface area contributed by atoms with Gasteiger partial charge in [-0.05, 0) is 60.4 Å². The van der Waals surface area contributed by atoms with E-state index in [4.69, 9.17) is 5.11 Å². The predicted octanol–water partition coefficient (Wildman–Crippen LogP) is 7.56. The van der Waals surface area contributed by atoms with Crippen LogP contribution in [0.3, 0.4) is 0 Å². The Morgan fingerprint density at radius 3 is 2.24 bits per heavy atom. The van der Waals surface area contributed by atoms with E-state index in [9.17, 15) is 14.4 Å². The molecule has 6 heteroatoms. The second kappa shape index (κ2) is 14.4. The molecule has 194 valence electrons. The number of amides is 1. The SMILES string of the molecule is CCCCCCC(Sc1ccc(-c2cccc(C(C)=O)c2)cc1)c1ccc(C(=O)NCCC(=O)O)cc1. The molecule has 2 N–H and O–H groups in total. The molecule has 0 fully saturated rings. The van der Waals surface area contributed by atoms with E-state index in [1.165, 1.54) is 29.7 Å². The van der Waals surface area contributed by atoms with E-state index in [1.807, 2.05) is 60.3 Å². The van der Waals surface area contributed by atoms with Crippen molar-refractivity contribution in [3.63, 3.8) is 0 Å². The van der Waals surface area contributed by atoms with Crippen molar-refractivity contribution in [2.45, 2.75) is 62.5 Å². The standard InChI is InChI=1S/C31H35NO4S/c1-3-4-5-6-10-29(24-11-13-25(14-12-24)31(36)32-20-19-30(34)35)37-28-17-15-23(16-18-28)27-9-7-8-26(21-27)22(2)33/h7-9,11-18,21,29H,3-6,10,19-20H2,1-2H3,(H,32,36)(H,34,35). The summed E-state index contributed by atoms with van der Waals surface area (Å²) in [6, 6.07) is 23.8. The van der Waals surface area contributed by atoms with Crippen LogP contribution in [0.1, 0.15) is 83.9 Å².